The molecule has 2 aromatic rings. The molecule has 1 aromatic carbocycles. The maximum Gasteiger partial charge on any atom is 0.317 e. The van der Waals surface area contributed by atoms with Gasteiger partial charge in [-0.1, -0.05) is 17.7 Å². The zero-order valence-electron chi connectivity index (χ0n) is 14.7. The van der Waals surface area contributed by atoms with Crippen molar-refractivity contribution in [2.45, 2.75) is 32.3 Å². The quantitative estimate of drug-likeness (QED) is 0.810. The molecule has 1 unspecified atom stereocenters. The highest BCUT2D eigenvalue weighted by atomic mass is 16.3. The first-order chi connectivity index (χ1) is 12.0. The van der Waals surface area contributed by atoms with E-state index in [1.807, 2.05) is 31.2 Å². The Bertz CT molecular complexity index is 707. The number of amides is 2. The lowest BCUT2D eigenvalue weighted by Gasteiger charge is -2.21. The van der Waals surface area contributed by atoms with Gasteiger partial charge in [0.1, 0.15) is 6.26 Å². The minimum Gasteiger partial charge on any atom is -0.444 e. The third-order valence-electron chi connectivity index (χ3n) is 4.48. The Morgan fingerprint density at radius 2 is 2.12 bits per heavy atom. The van der Waals surface area contributed by atoms with Crippen LogP contribution in [0.15, 0.2) is 34.9 Å². The molecular formula is C19H25N3O3. The number of nitrogens with zero attached hydrogens (tertiary/aromatic N) is 2. The Labute approximate surface area is 147 Å². The maximum absolute atomic E-state index is 12.0. The molecule has 1 aromatic heterocycles. The summed E-state index contributed by atoms with van der Waals surface area (Å²) in [6, 6.07) is 7.82. The number of likely N-dealkylation sites (N-methyl/N-ethyl adjacent to an activating group) is 1. The Morgan fingerprint density at radius 1 is 1.40 bits per heavy atom. The van der Waals surface area contributed by atoms with Crippen molar-refractivity contribution < 1.29 is 14.3 Å². The number of hydrogen-bond acceptors (Lipinski definition) is 4. The number of nitrogens with one attached hydrogen (secondary N) is 1. The molecule has 1 aliphatic carbocycles. The van der Waals surface area contributed by atoms with Gasteiger partial charge in [0.15, 0.2) is 0 Å². The third kappa shape index (κ3) is 4.82. The van der Waals surface area contributed by atoms with Crippen molar-refractivity contribution in [2.24, 2.45) is 5.92 Å². The molecular weight excluding hydrogens is 318 g/mol. The van der Waals surface area contributed by atoms with Crippen LogP contribution in [0.3, 0.4) is 0 Å². The number of carbonyl (C=O) groups is 1. The smallest absolute Gasteiger partial charge is 0.317 e. The molecule has 1 heterocycles. The molecule has 1 fully saturated rings. The second kappa shape index (κ2) is 7.70. The highest BCUT2D eigenvalue weighted by molar-refractivity contribution is 5.73. The van der Waals surface area contributed by atoms with E-state index in [4.69, 9.17) is 4.42 Å². The molecule has 0 radical (unpaired) electrons. The average Bonchev–Trinajstić information content (AvgIpc) is 3.35. The summed E-state index contributed by atoms with van der Waals surface area (Å²) in [6.07, 6.45) is 3.93. The summed E-state index contributed by atoms with van der Waals surface area (Å²) < 4.78 is 5.51. The van der Waals surface area contributed by atoms with Crippen molar-refractivity contribution >= 4 is 6.03 Å². The van der Waals surface area contributed by atoms with E-state index in [1.54, 1.807) is 13.3 Å². The van der Waals surface area contributed by atoms with Crippen molar-refractivity contribution in [3.8, 4) is 11.5 Å². The van der Waals surface area contributed by atoms with Gasteiger partial charge in [0.2, 0.25) is 5.89 Å². The molecule has 1 aliphatic rings. The molecule has 25 heavy (non-hydrogen) atoms. The molecule has 2 N–H and O–H groups in total. The van der Waals surface area contributed by atoms with Crippen molar-refractivity contribution in [1.29, 1.82) is 0 Å². The van der Waals surface area contributed by atoms with Crippen molar-refractivity contribution in [1.82, 2.24) is 15.2 Å². The summed E-state index contributed by atoms with van der Waals surface area (Å²) in [4.78, 5) is 18.0. The summed E-state index contributed by atoms with van der Waals surface area (Å²) in [7, 11) is 1.70. The second-order valence-corrected chi connectivity index (χ2v) is 6.78. The Morgan fingerprint density at radius 3 is 2.80 bits per heavy atom. The van der Waals surface area contributed by atoms with Gasteiger partial charge in [-0.25, -0.2) is 9.78 Å². The fourth-order valence-corrected chi connectivity index (χ4v) is 2.68. The predicted octanol–water partition coefficient (Wildman–Crippen LogP) is 2.60. The van der Waals surface area contributed by atoms with Crippen LogP contribution in [0.1, 0.15) is 24.1 Å². The van der Waals surface area contributed by atoms with Crippen molar-refractivity contribution in [3.63, 3.8) is 0 Å². The van der Waals surface area contributed by atoms with Crippen LogP contribution in [0, 0.1) is 12.8 Å². The number of benzene rings is 1. The van der Waals surface area contributed by atoms with Gasteiger partial charge in [0.25, 0.3) is 0 Å². The van der Waals surface area contributed by atoms with Gasteiger partial charge in [0, 0.05) is 32.1 Å². The molecule has 0 aliphatic heterocycles. The van der Waals surface area contributed by atoms with Gasteiger partial charge in [-0.05, 0) is 37.8 Å². The molecule has 6 heteroatoms. The number of carbonyl (C=O) groups excluding carboxylic acids is 1. The zero-order chi connectivity index (χ0) is 17.8. The molecule has 1 atom stereocenters. The third-order valence-corrected chi connectivity index (χ3v) is 4.48. The Balaban J connectivity index is 1.44. The summed E-state index contributed by atoms with van der Waals surface area (Å²) in [5.41, 5.74) is 2.93. The normalized spacial score (nSPS) is 15.0. The standard InChI is InChI=1S/C19H25N3O3/c1-13-3-5-15(6-4-13)18-21-16(12-25-18)9-10-20-19(24)22(2)11-17(23)14-7-8-14/h3-6,12,14,17,23H,7-11H2,1-2H3,(H,20,24). The lowest BCUT2D eigenvalue weighted by Crippen LogP contribution is -2.42. The largest absolute Gasteiger partial charge is 0.444 e. The van der Waals surface area contributed by atoms with Crippen LogP contribution in [0.25, 0.3) is 11.5 Å². The fourth-order valence-electron chi connectivity index (χ4n) is 2.68. The lowest BCUT2D eigenvalue weighted by atomic mass is 10.1. The Kier molecular flexibility index (Phi) is 5.38. The number of oxazole rings is 1. The number of aliphatic hydroxyl groups is 1. The number of hydrogen-bond donors (Lipinski definition) is 2. The lowest BCUT2D eigenvalue weighted by molar-refractivity contribution is 0.113. The van der Waals surface area contributed by atoms with Gasteiger partial charge in [0.05, 0.1) is 11.8 Å². The van der Waals surface area contributed by atoms with Gasteiger partial charge in [-0.15, -0.1) is 0 Å². The number of urea groups is 1. The minimum absolute atomic E-state index is 0.179. The average molecular weight is 343 g/mol. The summed E-state index contributed by atoms with van der Waals surface area (Å²) >= 11 is 0. The molecule has 0 bridgehead atoms. The van der Waals surface area contributed by atoms with Crippen molar-refractivity contribution in [2.75, 3.05) is 20.1 Å². The van der Waals surface area contributed by atoms with E-state index in [0.717, 1.165) is 24.1 Å². The van der Waals surface area contributed by atoms with Gasteiger partial charge < -0.3 is 19.7 Å². The molecule has 134 valence electrons. The van der Waals surface area contributed by atoms with Crippen LogP contribution < -0.4 is 5.32 Å². The van der Waals surface area contributed by atoms with Crippen LogP contribution in [-0.4, -0.2) is 47.3 Å². The molecule has 1 saturated carbocycles. The van der Waals surface area contributed by atoms with Gasteiger partial charge >= 0.3 is 6.03 Å². The zero-order valence-corrected chi connectivity index (χ0v) is 14.7. The number of aryl methyl sites for hydroxylation is 1. The first kappa shape index (κ1) is 17.5. The molecule has 2 amide bonds. The van der Waals surface area contributed by atoms with Gasteiger partial charge in [-0.3, -0.25) is 0 Å². The van der Waals surface area contributed by atoms with E-state index < -0.39 is 6.10 Å². The van der Waals surface area contributed by atoms with E-state index >= 15 is 0 Å². The molecule has 6 nitrogen and oxygen atoms in total. The SMILES string of the molecule is Cc1ccc(-c2nc(CCNC(=O)N(C)CC(O)C3CC3)co2)cc1. The van der Waals surface area contributed by atoms with E-state index in [2.05, 4.69) is 10.3 Å². The van der Waals surface area contributed by atoms with Gasteiger partial charge in [-0.2, -0.15) is 0 Å². The molecule has 3 rings (SSSR count). The highest BCUT2D eigenvalue weighted by Crippen LogP contribution is 2.32. The Hall–Kier alpha value is -2.34. The molecule has 0 spiro atoms. The summed E-state index contributed by atoms with van der Waals surface area (Å²) in [5.74, 6) is 0.955. The minimum atomic E-state index is -0.414. The van der Waals surface area contributed by atoms with E-state index in [0.29, 0.717) is 31.3 Å². The molecule has 0 saturated heterocycles. The highest BCUT2D eigenvalue weighted by Gasteiger charge is 2.31. The summed E-state index contributed by atoms with van der Waals surface area (Å²) in [6.45, 7) is 2.88. The van der Waals surface area contributed by atoms with Crippen LogP contribution in [0.2, 0.25) is 0 Å². The van der Waals surface area contributed by atoms with Crippen molar-refractivity contribution in [3.05, 3.63) is 41.8 Å². The maximum atomic E-state index is 12.0. The van der Waals surface area contributed by atoms with Crippen LogP contribution in [-0.2, 0) is 6.42 Å². The topological polar surface area (TPSA) is 78.6 Å². The van der Waals surface area contributed by atoms with E-state index in [1.165, 1.54) is 10.5 Å². The number of rotatable bonds is 7. The number of aromatic nitrogens is 1. The number of aliphatic hydroxyl groups excluding tert-OH is 1. The predicted molar refractivity (Wildman–Crippen MR) is 95.1 cm³/mol. The van der Waals surface area contributed by atoms with Crippen LogP contribution in [0.5, 0.6) is 0 Å². The first-order valence-corrected chi connectivity index (χ1v) is 8.71. The second-order valence-electron chi connectivity index (χ2n) is 6.78. The monoisotopic (exact) mass is 343 g/mol. The van der Waals surface area contributed by atoms with Crippen LogP contribution >= 0.6 is 0 Å². The fraction of sp³-hybridized carbons (Fsp3) is 0.474. The van der Waals surface area contributed by atoms with Crippen LogP contribution in [0.4, 0.5) is 4.79 Å². The van der Waals surface area contributed by atoms with E-state index in [-0.39, 0.29) is 6.03 Å². The van der Waals surface area contributed by atoms with E-state index in [9.17, 15) is 9.90 Å². The first-order valence-electron chi connectivity index (χ1n) is 8.71. The summed E-state index contributed by atoms with van der Waals surface area (Å²) in [5, 5.41) is 12.7.